The first-order valence-electron chi connectivity index (χ1n) is 7.50. The number of nitrogens with zero attached hydrogens (tertiary/aromatic N) is 3. The van der Waals surface area contributed by atoms with Gasteiger partial charge in [-0.1, -0.05) is 0 Å². The van der Waals surface area contributed by atoms with Crippen molar-refractivity contribution in [3.05, 3.63) is 34.3 Å². The van der Waals surface area contributed by atoms with Crippen LogP contribution >= 0.6 is 22.6 Å². The Hall–Kier alpha value is -1.78. The van der Waals surface area contributed by atoms with Gasteiger partial charge in [-0.15, -0.1) is 0 Å². The van der Waals surface area contributed by atoms with Crippen LogP contribution in [0.3, 0.4) is 0 Å². The van der Waals surface area contributed by atoms with Crippen molar-refractivity contribution >= 4 is 34.4 Å². The maximum Gasteiger partial charge on any atom is 0.387 e. The van der Waals surface area contributed by atoms with Crippen LogP contribution in [-0.2, 0) is 0 Å². The number of alkyl halides is 2. The van der Waals surface area contributed by atoms with Crippen molar-refractivity contribution in [1.82, 2.24) is 15.0 Å². The van der Waals surface area contributed by atoms with Crippen LogP contribution in [0.5, 0.6) is 5.75 Å². The largest absolute Gasteiger partial charge is 0.432 e. The summed E-state index contributed by atoms with van der Waals surface area (Å²) in [7, 11) is 0. The van der Waals surface area contributed by atoms with Crippen molar-refractivity contribution in [3.8, 4) is 5.75 Å². The molecule has 0 bridgehead atoms. The van der Waals surface area contributed by atoms with Crippen molar-refractivity contribution in [1.29, 1.82) is 0 Å². The van der Waals surface area contributed by atoms with Gasteiger partial charge in [0.2, 0.25) is 5.95 Å². The van der Waals surface area contributed by atoms with E-state index in [-0.39, 0.29) is 11.8 Å². The number of hydrogen-bond acceptors (Lipinski definition) is 6. The molecule has 0 aliphatic heterocycles. The van der Waals surface area contributed by atoms with Gasteiger partial charge in [0, 0.05) is 21.9 Å². The van der Waals surface area contributed by atoms with Gasteiger partial charge in [-0.25, -0.2) is 15.0 Å². The zero-order valence-corrected chi connectivity index (χ0v) is 14.8. The normalized spacial score (nSPS) is 20.2. The highest BCUT2D eigenvalue weighted by Gasteiger charge is 2.25. The average molecular weight is 447 g/mol. The van der Waals surface area contributed by atoms with Gasteiger partial charge >= 0.3 is 6.61 Å². The molecule has 1 saturated carbocycles. The Morgan fingerprint density at radius 3 is 2.38 bits per heavy atom. The number of nitrogens with one attached hydrogen (secondary N) is 2. The molecule has 6 nitrogen and oxygen atoms in total. The van der Waals surface area contributed by atoms with E-state index in [0.29, 0.717) is 12.0 Å². The minimum atomic E-state index is -2.87. The Morgan fingerprint density at radius 1 is 1.04 bits per heavy atom. The standard InChI is InChI=1S/C15H16F2IN5O/c16-14(17)24-12-7-20-15(21-8-12)23-11-3-2-10(5-11)22-13-4-1-9(18)6-19-13/h1,4,6-8,10-11,14H,2-3,5H2,(H,19,22)(H,20,21,23)/t10-,11-/m0/s1. The zero-order valence-electron chi connectivity index (χ0n) is 12.6. The van der Waals surface area contributed by atoms with Crippen molar-refractivity contribution in [2.24, 2.45) is 0 Å². The van der Waals surface area contributed by atoms with E-state index in [9.17, 15) is 8.78 Å². The fourth-order valence-corrected chi connectivity index (χ4v) is 2.97. The molecule has 1 fully saturated rings. The first-order valence-corrected chi connectivity index (χ1v) is 8.58. The SMILES string of the molecule is FC(F)Oc1cnc(N[C@H]2CC[C@H](Nc3ccc(I)cn3)C2)nc1. The summed E-state index contributed by atoms with van der Waals surface area (Å²) in [5.74, 6) is 1.23. The molecule has 2 atom stereocenters. The number of halogens is 3. The third-order valence-electron chi connectivity index (χ3n) is 3.70. The van der Waals surface area contributed by atoms with Gasteiger partial charge in [0.05, 0.1) is 12.4 Å². The van der Waals surface area contributed by atoms with Crippen LogP contribution in [0.15, 0.2) is 30.7 Å². The van der Waals surface area contributed by atoms with E-state index < -0.39 is 6.61 Å². The maximum atomic E-state index is 12.1. The van der Waals surface area contributed by atoms with Crippen molar-refractivity contribution in [2.75, 3.05) is 10.6 Å². The van der Waals surface area contributed by atoms with Crippen LogP contribution in [0, 0.1) is 3.57 Å². The molecule has 1 aliphatic rings. The molecular formula is C15H16F2IN5O. The molecule has 9 heteroatoms. The number of anilines is 2. The minimum Gasteiger partial charge on any atom is -0.432 e. The molecule has 0 radical (unpaired) electrons. The molecule has 0 saturated heterocycles. The lowest BCUT2D eigenvalue weighted by Gasteiger charge is -2.15. The van der Waals surface area contributed by atoms with Crippen LogP contribution in [0.1, 0.15) is 19.3 Å². The average Bonchev–Trinajstić information content (AvgIpc) is 2.98. The van der Waals surface area contributed by atoms with E-state index in [1.54, 1.807) is 0 Å². The highest BCUT2D eigenvalue weighted by molar-refractivity contribution is 14.1. The second kappa shape index (κ2) is 7.86. The summed E-state index contributed by atoms with van der Waals surface area (Å²) in [6.07, 6.45) is 7.19. The van der Waals surface area contributed by atoms with Crippen LogP contribution in [0.2, 0.25) is 0 Å². The van der Waals surface area contributed by atoms with Crippen LogP contribution < -0.4 is 15.4 Å². The van der Waals surface area contributed by atoms with Gasteiger partial charge < -0.3 is 15.4 Å². The fraction of sp³-hybridized carbons (Fsp3) is 0.400. The Balaban J connectivity index is 1.49. The molecule has 0 amide bonds. The van der Waals surface area contributed by atoms with Crippen LogP contribution in [-0.4, -0.2) is 33.6 Å². The molecule has 0 spiro atoms. The van der Waals surface area contributed by atoms with Crippen LogP contribution in [0.4, 0.5) is 20.5 Å². The number of rotatable bonds is 6. The predicted molar refractivity (Wildman–Crippen MR) is 94.3 cm³/mol. The summed E-state index contributed by atoms with van der Waals surface area (Å²) < 4.78 is 29.5. The van der Waals surface area contributed by atoms with Crippen LogP contribution in [0.25, 0.3) is 0 Å². The van der Waals surface area contributed by atoms with Crippen molar-refractivity contribution in [2.45, 2.75) is 38.0 Å². The third kappa shape index (κ3) is 4.86. The summed E-state index contributed by atoms with van der Waals surface area (Å²) in [5, 5.41) is 6.64. The van der Waals surface area contributed by atoms with Gasteiger partial charge in [0.25, 0.3) is 0 Å². The Labute approximate surface area is 151 Å². The lowest BCUT2D eigenvalue weighted by molar-refractivity contribution is -0.0503. The highest BCUT2D eigenvalue weighted by Crippen LogP contribution is 2.25. The van der Waals surface area contributed by atoms with Gasteiger partial charge in [-0.2, -0.15) is 8.78 Å². The number of aromatic nitrogens is 3. The number of hydrogen-bond donors (Lipinski definition) is 2. The van der Waals surface area contributed by atoms with Gasteiger partial charge in [0.15, 0.2) is 5.75 Å². The molecule has 0 unspecified atom stereocenters. The third-order valence-corrected chi connectivity index (χ3v) is 4.34. The lowest BCUT2D eigenvalue weighted by atomic mass is 10.2. The van der Waals surface area contributed by atoms with Gasteiger partial charge in [-0.3, -0.25) is 0 Å². The summed E-state index contributed by atoms with van der Waals surface area (Å²) >= 11 is 2.22. The second-order valence-corrected chi connectivity index (χ2v) is 6.72. The Kier molecular flexibility index (Phi) is 5.59. The molecule has 24 heavy (non-hydrogen) atoms. The van der Waals surface area contributed by atoms with Gasteiger partial charge in [0.1, 0.15) is 5.82 Å². The molecule has 2 aromatic heterocycles. The quantitative estimate of drug-likeness (QED) is 0.661. The molecular weight excluding hydrogens is 431 g/mol. The molecule has 1 aliphatic carbocycles. The molecule has 2 heterocycles. The summed E-state index contributed by atoms with van der Waals surface area (Å²) in [4.78, 5) is 12.3. The predicted octanol–water partition coefficient (Wildman–Crippen LogP) is 3.52. The molecule has 3 rings (SSSR count). The van der Waals surface area contributed by atoms with E-state index >= 15 is 0 Å². The van der Waals surface area contributed by atoms with E-state index in [2.05, 4.69) is 52.9 Å². The summed E-state index contributed by atoms with van der Waals surface area (Å²) in [5.41, 5.74) is 0. The number of ether oxygens (including phenoxy) is 1. The number of pyridine rings is 1. The fourth-order valence-electron chi connectivity index (χ4n) is 2.65. The second-order valence-electron chi connectivity index (χ2n) is 5.48. The zero-order chi connectivity index (χ0) is 16.9. The summed E-state index contributed by atoms with van der Waals surface area (Å²) in [6, 6.07) is 4.54. The van der Waals surface area contributed by atoms with Crippen molar-refractivity contribution < 1.29 is 13.5 Å². The first-order chi connectivity index (χ1) is 11.6. The Morgan fingerprint density at radius 2 is 1.75 bits per heavy atom. The summed E-state index contributed by atoms with van der Waals surface area (Å²) in [6.45, 7) is -2.87. The minimum absolute atomic E-state index is 0.0497. The molecule has 2 N–H and O–H groups in total. The van der Waals surface area contributed by atoms with E-state index in [1.807, 2.05) is 18.3 Å². The maximum absolute atomic E-state index is 12.1. The molecule has 0 aromatic carbocycles. The lowest BCUT2D eigenvalue weighted by Crippen LogP contribution is -2.22. The van der Waals surface area contributed by atoms with Gasteiger partial charge in [-0.05, 0) is 54.0 Å². The van der Waals surface area contributed by atoms with E-state index in [4.69, 9.17) is 0 Å². The van der Waals surface area contributed by atoms with Crippen molar-refractivity contribution in [3.63, 3.8) is 0 Å². The smallest absolute Gasteiger partial charge is 0.387 e. The van der Waals surface area contributed by atoms with E-state index in [0.717, 1.165) is 28.7 Å². The first kappa shape index (κ1) is 17.1. The highest BCUT2D eigenvalue weighted by atomic mass is 127. The molecule has 128 valence electrons. The Bertz CT molecular complexity index is 656. The monoisotopic (exact) mass is 447 g/mol. The molecule has 2 aromatic rings. The van der Waals surface area contributed by atoms with E-state index in [1.165, 1.54) is 12.4 Å². The topological polar surface area (TPSA) is 72.0 Å².